The minimum atomic E-state index is -3.97. The normalized spacial score (nSPS) is 23.1. The van der Waals surface area contributed by atoms with Crippen LogP contribution in [0.25, 0.3) is 0 Å². The predicted octanol–water partition coefficient (Wildman–Crippen LogP) is -1.33. The number of sulfonamides is 1. The van der Waals surface area contributed by atoms with Crippen LogP contribution in [0.5, 0.6) is 0 Å². The summed E-state index contributed by atoms with van der Waals surface area (Å²) >= 11 is 0.691. The van der Waals surface area contributed by atoms with E-state index in [0.717, 1.165) is 4.31 Å². The second-order valence-corrected chi connectivity index (χ2v) is 7.69. The van der Waals surface area contributed by atoms with Crippen molar-refractivity contribution in [3.8, 4) is 0 Å². The van der Waals surface area contributed by atoms with Crippen LogP contribution in [0.2, 0.25) is 0 Å². The fourth-order valence-corrected chi connectivity index (χ4v) is 4.40. The molecule has 2 heterocycles. The lowest BCUT2D eigenvalue weighted by Crippen LogP contribution is -2.50. The van der Waals surface area contributed by atoms with Gasteiger partial charge in [-0.2, -0.15) is 4.31 Å². The second-order valence-electron chi connectivity index (χ2n) is 4.60. The van der Waals surface area contributed by atoms with Crippen LogP contribution in [0.4, 0.5) is 5.13 Å². The zero-order valence-corrected chi connectivity index (χ0v) is 12.6. The Morgan fingerprint density at radius 2 is 2.14 bits per heavy atom. The van der Waals surface area contributed by atoms with Gasteiger partial charge in [0, 0.05) is 20.0 Å². The maximum Gasteiger partial charge on any atom is 0.325 e. The average Bonchev–Trinajstić information content (AvgIpc) is 2.96. The van der Waals surface area contributed by atoms with E-state index in [1.165, 1.54) is 6.92 Å². The number of amides is 1. The third-order valence-corrected chi connectivity index (χ3v) is 5.97. The highest BCUT2D eigenvalue weighted by Gasteiger charge is 2.46. The van der Waals surface area contributed by atoms with Crippen LogP contribution in [-0.4, -0.2) is 58.5 Å². The molecule has 1 unspecified atom stereocenters. The molecule has 1 saturated heterocycles. The number of carboxylic acids is 1. The number of aliphatic carboxylic acids is 1. The van der Waals surface area contributed by atoms with Gasteiger partial charge in [-0.25, -0.2) is 8.42 Å². The number of carbonyl (C=O) groups excluding carboxylic acids is 1. The first-order valence-electron chi connectivity index (χ1n) is 5.79. The first kappa shape index (κ1) is 15.8. The Morgan fingerprint density at radius 1 is 1.48 bits per heavy atom. The van der Waals surface area contributed by atoms with Gasteiger partial charge >= 0.3 is 5.97 Å². The summed E-state index contributed by atoms with van der Waals surface area (Å²) in [6.07, 6.45) is 0.0128. The van der Waals surface area contributed by atoms with Crippen molar-refractivity contribution >= 4 is 38.4 Å². The Hall–Kier alpha value is -1.63. The van der Waals surface area contributed by atoms with Crippen LogP contribution >= 0.6 is 11.3 Å². The van der Waals surface area contributed by atoms with Crippen LogP contribution in [-0.2, 0) is 19.6 Å². The number of hydrogen-bond donors (Lipinski definition) is 3. The molecule has 10 nitrogen and oxygen atoms in total. The van der Waals surface area contributed by atoms with Crippen LogP contribution in [0.1, 0.15) is 13.3 Å². The molecule has 2 rings (SSSR count). The Bertz CT molecular complexity index is 686. The van der Waals surface area contributed by atoms with E-state index in [1.807, 2.05) is 0 Å². The van der Waals surface area contributed by atoms with Crippen molar-refractivity contribution in [2.24, 2.45) is 5.73 Å². The molecular formula is C9H13N5O5S2. The topological polar surface area (TPSA) is 156 Å². The van der Waals surface area contributed by atoms with E-state index in [9.17, 15) is 18.0 Å². The molecule has 116 valence electrons. The van der Waals surface area contributed by atoms with Gasteiger partial charge in [-0.1, -0.05) is 11.3 Å². The molecule has 0 spiro atoms. The Labute approximate surface area is 124 Å². The van der Waals surface area contributed by atoms with Crippen molar-refractivity contribution in [3.63, 3.8) is 0 Å². The number of anilines is 1. The number of nitrogens with two attached hydrogens (primary N) is 1. The SMILES string of the molecule is CC(=O)Nc1nnc(S(=O)(=O)N2CCC(N)(C(=O)O)C2)s1. The smallest absolute Gasteiger partial charge is 0.325 e. The molecule has 12 heteroatoms. The highest BCUT2D eigenvalue weighted by molar-refractivity contribution is 7.91. The molecule has 0 aromatic carbocycles. The Kier molecular flexibility index (Phi) is 3.97. The van der Waals surface area contributed by atoms with E-state index in [4.69, 9.17) is 10.8 Å². The van der Waals surface area contributed by atoms with Gasteiger partial charge in [0.1, 0.15) is 5.54 Å². The number of nitrogens with one attached hydrogen (secondary N) is 1. The van der Waals surface area contributed by atoms with Crippen molar-refractivity contribution < 1.29 is 23.1 Å². The van der Waals surface area contributed by atoms with Crippen molar-refractivity contribution in [2.45, 2.75) is 23.2 Å². The molecule has 0 bridgehead atoms. The largest absolute Gasteiger partial charge is 0.480 e. The van der Waals surface area contributed by atoms with E-state index in [2.05, 4.69) is 15.5 Å². The number of aromatic nitrogens is 2. The molecule has 4 N–H and O–H groups in total. The third kappa shape index (κ3) is 3.02. The molecule has 1 aromatic rings. The quantitative estimate of drug-likeness (QED) is 0.572. The first-order chi connectivity index (χ1) is 9.65. The summed E-state index contributed by atoms with van der Waals surface area (Å²) < 4.78 is 25.3. The van der Waals surface area contributed by atoms with Gasteiger partial charge in [0.2, 0.25) is 15.4 Å². The molecule has 1 aromatic heterocycles. The standard InChI is InChI=1S/C9H13N5O5S2/c1-5(15)11-7-12-13-8(20-7)21(18,19)14-3-2-9(10,4-14)6(16)17/h2-4,10H2,1H3,(H,16,17)(H,11,12,15). The summed E-state index contributed by atoms with van der Waals surface area (Å²) in [5.41, 5.74) is 4.04. The van der Waals surface area contributed by atoms with Crippen LogP contribution in [0.3, 0.4) is 0 Å². The first-order valence-corrected chi connectivity index (χ1v) is 8.04. The van der Waals surface area contributed by atoms with Gasteiger partial charge in [0.15, 0.2) is 0 Å². The highest BCUT2D eigenvalue weighted by atomic mass is 32.2. The summed E-state index contributed by atoms with van der Waals surface area (Å²) in [5.74, 6) is -1.65. The molecule has 1 amide bonds. The lowest BCUT2D eigenvalue weighted by atomic mass is 10.0. The van der Waals surface area contributed by atoms with Crippen LogP contribution in [0, 0.1) is 0 Å². The van der Waals surface area contributed by atoms with Gasteiger partial charge in [0.25, 0.3) is 10.0 Å². The summed E-state index contributed by atoms with van der Waals surface area (Å²) in [7, 11) is -3.97. The lowest BCUT2D eigenvalue weighted by Gasteiger charge is -2.18. The van der Waals surface area contributed by atoms with Crippen LogP contribution in [0.15, 0.2) is 4.34 Å². The van der Waals surface area contributed by atoms with E-state index < -0.39 is 27.4 Å². The van der Waals surface area contributed by atoms with Gasteiger partial charge in [-0.3, -0.25) is 9.59 Å². The van der Waals surface area contributed by atoms with Gasteiger partial charge in [-0.05, 0) is 6.42 Å². The molecule has 0 radical (unpaired) electrons. The van der Waals surface area contributed by atoms with Crippen molar-refractivity contribution in [1.29, 1.82) is 0 Å². The van der Waals surface area contributed by atoms with E-state index in [0.29, 0.717) is 11.3 Å². The van der Waals surface area contributed by atoms with E-state index in [-0.39, 0.29) is 29.0 Å². The monoisotopic (exact) mass is 335 g/mol. The zero-order chi connectivity index (χ0) is 15.8. The molecule has 1 aliphatic rings. The van der Waals surface area contributed by atoms with Gasteiger partial charge in [-0.15, -0.1) is 10.2 Å². The van der Waals surface area contributed by atoms with E-state index in [1.54, 1.807) is 0 Å². The average molecular weight is 335 g/mol. The van der Waals surface area contributed by atoms with E-state index >= 15 is 0 Å². The molecular weight excluding hydrogens is 322 g/mol. The number of carboxylic acid groups (broad SMARTS) is 1. The number of nitrogens with zero attached hydrogens (tertiary/aromatic N) is 3. The van der Waals surface area contributed by atoms with Crippen molar-refractivity contribution in [1.82, 2.24) is 14.5 Å². The number of carbonyl (C=O) groups is 2. The fraction of sp³-hybridized carbons (Fsp3) is 0.556. The summed E-state index contributed by atoms with van der Waals surface area (Å²) in [6.45, 7) is 0.908. The third-order valence-electron chi connectivity index (χ3n) is 2.94. The molecule has 21 heavy (non-hydrogen) atoms. The number of hydrogen-bond acceptors (Lipinski definition) is 8. The summed E-state index contributed by atoms with van der Waals surface area (Å²) in [4.78, 5) is 21.9. The predicted molar refractivity (Wildman–Crippen MR) is 72.1 cm³/mol. The Balaban J connectivity index is 2.21. The minimum absolute atomic E-state index is 0.0128. The summed E-state index contributed by atoms with van der Waals surface area (Å²) in [5, 5.41) is 18.5. The minimum Gasteiger partial charge on any atom is -0.480 e. The maximum atomic E-state index is 12.3. The lowest BCUT2D eigenvalue weighted by molar-refractivity contribution is -0.142. The maximum absolute atomic E-state index is 12.3. The molecule has 0 saturated carbocycles. The molecule has 1 atom stereocenters. The fourth-order valence-electron chi connectivity index (χ4n) is 1.80. The molecule has 1 aliphatic heterocycles. The second kappa shape index (κ2) is 5.29. The molecule has 1 fully saturated rings. The molecule has 0 aliphatic carbocycles. The van der Waals surface area contributed by atoms with Crippen molar-refractivity contribution in [3.05, 3.63) is 0 Å². The van der Waals surface area contributed by atoms with Gasteiger partial charge in [0.05, 0.1) is 0 Å². The van der Waals surface area contributed by atoms with Gasteiger partial charge < -0.3 is 16.2 Å². The number of rotatable bonds is 4. The van der Waals surface area contributed by atoms with Crippen molar-refractivity contribution in [2.75, 3.05) is 18.4 Å². The highest BCUT2D eigenvalue weighted by Crippen LogP contribution is 2.28. The summed E-state index contributed by atoms with van der Waals surface area (Å²) in [6, 6.07) is 0. The Morgan fingerprint density at radius 3 is 2.67 bits per heavy atom. The van der Waals surface area contributed by atoms with Crippen LogP contribution < -0.4 is 11.1 Å². The zero-order valence-electron chi connectivity index (χ0n) is 10.9.